The van der Waals surface area contributed by atoms with Crippen molar-refractivity contribution in [2.45, 2.75) is 13.0 Å². The van der Waals surface area contributed by atoms with Gasteiger partial charge in [0.05, 0.1) is 11.6 Å². The molecule has 1 atom stereocenters. The van der Waals surface area contributed by atoms with E-state index < -0.39 is 29.3 Å². The molecule has 0 bridgehead atoms. The average molecular weight is 394 g/mol. The van der Waals surface area contributed by atoms with E-state index in [9.17, 15) is 24.2 Å². The van der Waals surface area contributed by atoms with Gasteiger partial charge in [-0.05, 0) is 48.9 Å². The molecule has 1 aliphatic heterocycles. The molecule has 1 amide bonds. The SMILES string of the molecule is Cc1cc(N2C(=O)C(=O)/C(=C(/O)c3ccc(F)cc3)C2c2cccc(O)c2)no1. The predicted molar refractivity (Wildman–Crippen MR) is 101 cm³/mol. The van der Waals surface area contributed by atoms with Gasteiger partial charge in [0.15, 0.2) is 5.82 Å². The number of aliphatic hydroxyl groups excluding tert-OH is 1. The molecule has 1 fully saturated rings. The Morgan fingerprint density at radius 2 is 1.86 bits per heavy atom. The number of carbonyl (C=O) groups excluding carboxylic acids is 2. The molecule has 0 saturated carbocycles. The summed E-state index contributed by atoms with van der Waals surface area (Å²) in [4.78, 5) is 26.8. The fraction of sp³-hybridized carbons (Fsp3) is 0.0952. The highest BCUT2D eigenvalue weighted by Gasteiger charge is 2.48. The number of phenols is 1. The molecule has 1 aliphatic rings. The second-order valence-electron chi connectivity index (χ2n) is 6.57. The molecular weight excluding hydrogens is 379 g/mol. The Morgan fingerprint density at radius 1 is 1.14 bits per heavy atom. The Morgan fingerprint density at radius 3 is 2.48 bits per heavy atom. The summed E-state index contributed by atoms with van der Waals surface area (Å²) in [7, 11) is 0. The number of aliphatic hydroxyl groups is 1. The first kappa shape index (κ1) is 18.4. The van der Waals surface area contributed by atoms with Crippen LogP contribution < -0.4 is 4.90 Å². The molecule has 0 spiro atoms. The number of anilines is 1. The standard InChI is InChI=1S/C21H15FN2O5/c1-11-9-16(23-29-11)24-18(13-3-2-4-15(25)10-13)17(20(27)21(24)28)19(26)12-5-7-14(22)8-6-12/h2-10,18,25-26H,1H3/b19-17+. The van der Waals surface area contributed by atoms with Crippen LogP contribution in [0.15, 0.2) is 64.7 Å². The summed E-state index contributed by atoms with van der Waals surface area (Å²) < 4.78 is 18.3. The molecule has 3 aromatic rings. The minimum Gasteiger partial charge on any atom is -0.508 e. The third-order valence-electron chi connectivity index (χ3n) is 4.61. The quantitative estimate of drug-likeness (QED) is 0.401. The molecular formula is C21H15FN2O5. The minimum absolute atomic E-state index is 0.0776. The number of amides is 1. The minimum atomic E-state index is -1.06. The van der Waals surface area contributed by atoms with Crippen molar-refractivity contribution in [2.24, 2.45) is 0 Å². The maximum Gasteiger partial charge on any atom is 0.301 e. The number of phenolic OH excluding ortho intramolecular Hbond substituents is 1. The summed E-state index contributed by atoms with van der Waals surface area (Å²) >= 11 is 0. The molecule has 29 heavy (non-hydrogen) atoms. The van der Waals surface area contributed by atoms with Gasteiger partial charge in [0.2, 0.25) is 0 Å². The van der Waals surface area contributed by atoms with E-state index in [-0.39, 0.29) is 22.7 Å². The summed E-state index contributed by atoms with van der Waals surface area (Å²) in [6, 6.07) is 11.3. The molecule has 2 aromatic carbocycles. The van der Waals surface area contributed by atoms with Gasteiger partial charge in [0.25, 0.3) is 5.78 Å². The molecule has 0 radical (unpaired) electrons. The lowest BCUT2D eigenvalue weighted by molar-refractivity contribution is -0.132. The van der Waals surface area contributed by atoms with Crippen LogP contribution >= 0.6 is 0 Å². The summed E-state index contributed by atoms with van der Waals surface area (Å²) in [5, 5.41) is 24.5. The largest absolute Gasteiger partial charge is 0.508 e. The van der Waals surface area contributed by atoms with E-state index in [0.29, 0.717) is 11.3 Å². The third kappa shape index (κ3) is 3.14. The van der Waals surface area contributed by atoms with E-state index in [2.05, 4.69) is 5.16 Å². The topological polar surface area (TPSA) is 104 Å². The van der Waals surface area contributed by atoms with Crippen LogP contribution in [0.4, 0.5) is 10.2 Å². The first-order valence-electron chi connectivity index (χ1n) is 8.66. The van der Waals surface area contributed by atoms with Gasteiger partial charge in [-0.15, -0.1) is 0 Å². The van der Waals surface area contributed by atoms with Crippen LogP contribution in [0.2, 0.25) is 0 Å². The molecule has 146 valence electrons. The fourth-order valence-electron chi connectivity index (χ4n) is 3.31. The molecule has 8 heteroatoms. The van der Waals surface area contributed by atoms with Crippen molar-refractivity contribution in [3.05, 3.63) is 82.9 Å². The van der Waals surface area contributed by atoms with Crippen LogP contribution in [0.25, 0.3) is 5.76 Å². The number of ketones is 1. The highest BCUT2D eigenvalue weighted by molar-refractivity contribution is 6.51. The fourth-order valence-corrected chi connectivity index (χ4v) is 3.31. The zero-order valence-electron chi connectivity index (χ0n) is 15.2. The van der Waals surface area contributed by atoms with Crippen LogP contribution in [-0.4, -0.2) is 27.1 Å². The van der Waals surface area contributed by atoms with Crippen molar-refractivity contribution in [3.8, 4) is 5.75 Å². The number of Topliss-reactive ketones (excluding diaryl/α,β-unsaturated/α-hetero) is 1. The first-order valence-corrected chi connectivity index (χ1v) is 8.66. The maximum absolute atomic E-state index is 13.3. The number of hydrogen-bond donors (Lipinski definition) is 2. The lowest BCUT2D eigenvalue weighted by Gasteiger charge is -2.22. The second kappa shape index (κ2) is 6.90. The summed E-state index contributed by atoms with van der Waals surface area (Å²) in [5.74, 6) is -2.36. The normalized spacial score (nSPS) is 18.4. The highest BCUT2D eigenvalue weighted by Crippen LogP contribution is 2.42. The van der Waals surface area contributed by atoms with Gasteiger partial charge in [0.1, 0.15) is 23.1 Å². The van der Waals surface area contributed by atoms with Gasteiger partial charge in [-0.3, -0.25) is 14.5 Å². The third-order valence-corrected chi connectivity index (χ3v) is 4.61. The molecule has 0 aliphatic carbocycles. The van der Waals surface area contributed by atoms with Gasteiger partial charge < -0.3 is 14.7 Å². The zero-order chi connectivity index (χ0) is 20.7. The summed E-state index contributed by atoms with van der Waals surface area (Å²) in [6.45, 7) is 1.63. The summed E-state index contributed by atoms with van der Waals surface area (Å²) in [5.41, 5.74) is 0.354. The Kier molecular flexibility index (Phi) is 4.38. The molecule has 4 rings (SSSR count). The Labute approximate surface area is 164 Å². The van der Waals surface area contributed by atoms with E-state index in [1.807, 2.05) is 0 Å². The predicted octanol–water partition coefficient (Wildman–Crippen LogP) is 3.45. The zero-order valence-corrected chi connectivity index (χ0v) is 15.2. The maximum atomic E-state index is 13.3. The number of aromatic hydroxyl groups is 1. The van der Waals surface area contributed by atoms with Gasteiger partial charge in [-0.2, -0.15) is 0 Å². The van der Waals surface area contributed by atoms with Crippen molar-refractivity contribution in [3.63, 3.8) is 0 Å². The lowest BCUT2D eigenvalue weighted by atomic mass is 9.95. The average Bonchev–Trinajstić information content (AvgIpc) is 3.23. The lowest BCUT2D eigenvalue weighted by Crippen LogP contribution is -2.29. The van der Waals surface area contributed by atoms with Gasteiger partial charge in [0, 0.05) is 11.6 Å². The molecule has 1 unspecified atom stereocenters. The number of nitrogens with zero attached hydrogens (tertiary/aromatic N) is 2. The molecule has 1 saturated heterocycles. The van der Waals surface area contributed by atoms with Crippen LogP contribution in [0.3, 0.4) is 0 Å². The number of benzene rings is 2. The number of rotatable bonds is 3. The summed E-state index contributed by atoms with van der Waals surface area (Å²) in [6.07, 6.45) is 0. The van der Waals surface area contributed by atoms with E-state index in [4.69, 9.17) is 4.52 Å². The van der Waals surface area contributed by atoms with Crippen molar-refractivity contribution in [1.29, 1.82) is 0 Å². The number of carbonyl (C=O) groups is 2. The second-order valence-corrected chi connectivity index (χ2v) is 6.57. The Hall–Kier alpha value is -3.94. The molecule has 2 N–H and O–H groups in total. The number of halogens is 1. The van der Waals surface area contributed by atoms with Gasteiger partial charge in [-0.25, -0.2) is 4.39 Å². The number of aryl methyl sites for hydroxylation is 1. The van der Waals surface area contributed by atoms with E-state index >= 15 is 0 Å². The van der Waals surface area contributed by atoms with E-state index in [0.717, 1.165) is 17.0 Å². The first-order chi connectivity index (χ1) is 13.9. The Bertz CT molecular complexity index is 1150. The van der Waals surface area contributed by atoms with Crippen molar-refractivity contribution >= 4 is 23.3 Å². The van der Waals surface area contributed by atoms with E-state index in [1.165, 1.54) is 30.3 Å². The monoisotopic (exact) mass is 394 g/mol. The van der Waals surface area contributed by atoms with Crippen molar-refractivity contribution in [1.82, 2.24) is 5.16 Å². The number of aromatic nitrogens is 1. The van der Waals surface area contributed by atoms with Gasteiger partial charge in [-0.1, -0.05) is 17.3 Å². The number of hydrogen-bond acceptors (Lipinski definition) is 6. The Balaban J connectivity index is 1.95. The van der Waals surface area contributed by atoms with Gasteiger partial charge >= 0.3 is 5.91 Å². The molecule has 1 aromatic heterocycles. The van der Waals surface area contributed by atoms with Crippen LogP contribution in [0, 0.1) is 12.7 Å². The van der Waals surface area contributed by atoms with Crippen LogP contribution in [0.5, 0.6) is 5.75 Å². The van der Waals surface area contributed by atoms with Crippen molar-refractivity contribution < 1.29 is 28.7 Å². The highest BCUT2D eigenvalue weighted by atomic mass is 19.1. The molecule has 2 heterocycles. The van der Waals surface area contributed by atoms with Crippen LogP contribution in [-0.2, 0) is 9.59 Å². The smallest absolute Gasteiger partial charge is 0.301 e. The van der Waals surface area contributed by atoms with Crippen molar-refractivity contribution in [2.75, 3.05) is 4.90 Å². The van der Waals surface area contributed by atoms with Crippen LogP contribution in [0.1, 0.15) is 22.9 Å². The van der Waals surface area contributed by atoms with E-state index in [1.54, 1.807) is 19.1 Å². The molecule has 7 nitrogen and oxygen atoms in total.